The van der Waals surface area contributed by atoms with Gasteiger partial charge in [0, 0.05) is 50.4 Å². The topological polar surface area (TPSA) is 112 Å². The molecule has 10 nitrogen and oxygen atoms in total. The Morgan fingerprint density at radius 3 is 2.70 bits per heavy atom. The number of carbonyl (C=O) groups is 2. The Morgan fingerprint density at radius 1 is 1.11 bits per heavy atom. The molecule has 1 aromatic heterocycles. The standard InChI is InChI=1S/C26H28ClN7O3/c27-20-16-18(25(36)28-9-11-33-12-14-37-15-13-33)6-7-21(20)31-26-29-17-22-24(32-26)34(10-8-23(35)30-22)19-4-2-1-3-5-19/h1-7,16-17H,8-15H2,(H,28,36)(H,30,35)(H,29,31,32). The van der Waals surface area contributed by atoms with Crippen LogP contribution in [-0.2, 0) is 9.53 Å². The highest BCUT2D eigenvalue weighted by atomic mass is 35.5. The van der Waals surface area contributed by atoms with Gasteiger partial charge in [-0.05, 0) is 30.3 Å². The lowest BCUT2D eigenvalue weighted by Crippen LogP contribution is -2.41. The number of hydrogen-bond donors (Lipinski definition) is 3. The van der Waals surface area contributed by atoms with Gasteiger partial charge in [-0.3, -0.25) is 14.5 Å². The third-order valence-electron chi connectivity index (χ3n) is 6.22. The van der Waals surface area contributed by atoms with Crippen molar-refractivity contribution >= 4 is 52.2 Å². The zero-order valence-electron chi connectivity index (χ0n) is 20.2. The zero-order valence-corrected chi connectivity index (χ0v) is 21.0. The number of benzene rings is 2. The highest BCUT2D eigenvalue weighted by molar-refractivity contribution is 6.33. The van der Waals surface area contributed by atoms with Gasteiger partial charge >= 0.3 is 0 Å². The lowest BCUT2D eigenvalue weighted by molar-refractivity contribution is -0.115. The van der Waals surface area contributed by atoms with Crippen LogP contribution < -0.4 is 20.9 Å². The summed E-state index contributed by atoms with van der Waals surface area (Å²) in [5.41, 5.74) is 2.49. The van der Waals surface area contributed by atoms with E-state index in [2.05, 4.69) is 30.8 Å². The van der Waals surface area contributed by atoms with E-state index in [0.717, 1.165) is 38.5 Å². The molecule has 192 valence electrons. The molecule has 0 atom stereocenters. The molecule has 2 aliphatic rings. The summed E-state index contributed by atoms with van der Waals surface area (Å²) < 4.78 is 5.35. The van der Waals surface area contributed by atoms with Gasteiger partial charge in [-0.15, -0.1) is 0 Å². The van der Waals surface area contributed by atoms with Crippen LogP contribution in [-0.4, -0.2) is 72.6 Å². The molecule has 0 radical (unpaired) electrons. The minimum absolute atomic E-state index is 0.0918. The SMILES string of the molecule is O=C1CCN(c2ccccc2)c2nc(Nc3ccc(C(=O)NCCN4CCOCC4)cc3Cl)ncc2N1. The van der Waals surface area contributed by atoms with Gasteiger partial charge in [-0.2, -0.15) is 4.98 Å². The number of nitrogens with one attached hydrogen (secondary N) is 3. The number of rotatable bonds is 7. The first-order valence-electron chi connectivity index (χ1n) is 12.2. The van der Waals surface area contributed by atoms with Crippen molar-refractivity contribution in [1.82, 2.24) is 20.2 Å². The van der Waals surface area contributed by atoms with Crippen molar-refractivity contribution in [2.24, 2.45) is 0 Å². The van der Waals surface area contributed by atoms with Gasteiger partial charge in [-0.25, -0.2) is 4.98 Å². The van der Waals surface area contributed by atoms with Crippen LogP contribution in [0.5, 0.6) is 0 Å². The number of morpholine rings is 1. The van der Waals surface area contributed by atoms with E-state index >= 15 is 0 Å². The van der Waals surface area contributed by atoms with Gasteiger partial charge in [0.05, 0.1) is 30.1 Å². The molecule has 11 heteroatoms. The number of para-hydroxylation sites is 1. The molecule has 5 rings (SSSR count). The predicted octanol–water partition coefficient (Wildman–Crippen LogP) is 3.42. The molecule has 3 N–H and O–H groups in total. The quantitative estimate of drug-likeness (QED) is 0.433. The first-order chi connectivity index (χ1) is 18.1. The number of fused-ring (bicyclic) bond motifs is 1. The normalized spacial score (nSPS) is 15.9. The zero-order chi connectivity index (χ0) is 25.6. The molecule has 0 unspecified atom stereocenters. The minimum atomic E-state index is -0.183. The number of anilines is 5. The number of ether oxygens (including phenoxy) is 1. The first-order valence-corrected chi connectivity index (χ1v) is 12.6. The number of halogens is 1. The summed E-state index contributed by atoms with van der Waals surface area (Å²) in [7, 11) is 0. The van der Waals surface area contributed by atoms with Gasteiger partial charge < -0.3 is 25.6 Å². The maximum atomic E-state index is 12.6. The van der Waals surface area contributed by atoms with Gasteiger partial charge in [0.1, 0.15) is 5.69 Å². The van der Waals surface area contributed by atoms with E-state index in [1.165, 1.54) is 0 Å². The molecule has 1 saturated heterocycles. The largest absolute Gasteiger partial charge is 0.379 e. The van der Waals surface area contributed by atoms with E-state index in [-0.39, 0.29) is 11.8 Å². The van der Waals surface area contributed by atoms with Gasteiger partial charge in [0.2, 0.25) is 11.9 Å². The highest BCUT2D eigenvalue weighted by Gasteiger charge is 2.23. The molecule has 37 heavy (non-hydrogen) atoms. The molecule has 1 fully saturated rings. The van der Waals surface area contributed by atoms with Crippen LogP contribution in [0.15, 0.2) is 54.7 Å². The molecule has 2 amide bonds. The molecule has 0 bridgehead atoms. The molecule has 0 spiro atoms. The molecular formula is C26H28ClN7O3. The van der Waals surface area contributed by atoms with Crippen molar-refractivity contribution in [3.8, 4) is 0 Å². The number of carbonyl (C=O) groups excluding carboxylic acids is 2. The van der Waals surface area contributed by atoms with Crippen molar-refractivity contribution in [2.45, 2.75) is 6.42 Å². The molecule has 2 aliphatic heterocycles. The van der Waals surface area contributed by atoms with E-state index in [1.807, 2.05) is 35.2 Å². The van der Waals surface area contributed by atoms with Crippen LogP contribution in [0.1, 0.15) is 16.8 Å². The van der Waals surface area contributed by atoms with Gasteiger partial charge in [0.25, 0.3) is 5.91 Å². The predicted molar refractivity (Wildman–Crippen MR) is 143 cm³/mol. The fourth-order valence-corrected chi connectivity index (χ4v) is 4.48. The Hall–Kier alpha value is -3.73. The second-order valence-electron chi connectivity index (χ2n) is 8.75. The average Bonchev–Trinajstić information content (AvgIpc) is 3.08. The third-order valence-corrected chi connectivity index (χ3v) is 6.54. The summed E-state index contributed by atoms with van der Waals surface area (Å²) in [5, 5.41) is 9.31. The fourth-order valence-electron chi connectivity index (χ4n) is 4.25. The Labute approximate surface area is 220 Å². The second kappa shape index (κ2) is 11.5. The number of amides is 2. The summed E-state index contributed by atoms with van der Waals surface area (Å²) in [4.78, 5) is 38.1. The summed E-state index contributed by atoms with van der Waals surface area (Å²) >= 11 is 6.50. The Morgan fingerprint density at radius 2 is 1.92 bits per heavy atom. The maximum absolute atomic E-state index is 12.6. The van der Waals surface area contributed by atoms with E-state index in [1.54, 1.807) is 24.4 Å². The van der Waals surface area contributed by atoms with Crippen LogP contribution in [0, 0.1) is 0 Å². The van der Waals surface area contributed by atoms with Crippen molar-refractivity contribution in [3.05, 3.63) is 65.3 Å². The van der Waals surface area contributed by atoms with Gasteiger partial charge in [-0.1, -0.05) is 29.8 Å². The summed E-state index contributed by atoms with van der Waals surface area (Å²) in [6.07, 6.45) is 1.91. The van der Waals surface area contributed by atoms with Crippen LogP contribution in [0.2, 0.25) is 5.02 Å². The summed E-state index contributed by atoms with van der Waals surface area (Å²) in [6, 6.07) is 14.8. The van der Waals surface area contributed by atoms with E-state index in [4.69, 9.17) is 16.3 Å². The van der Waals surface area contributed by atoms with E-state index < -0.39 is 0 Å². The molecule has 0 aliphatic carbocycles. The van der Waals surface area contributed by atoms with E-state index in [9.17, 15) is 9.59 Å². The highest BCUT2D eigenvalue weighted by Crippen LogP contribution is 2.34. The third kappa shape index (κ3) is 6.16. The van der Waals surface area contributed by atoms with Crippen LogP contribution in [0.4, 0.5) is 28.8 Å². The Balaban J connectivity index is 1.28. The summed E-state index contributed by atoms with van der Waals surface area (Å²) in [6.45, 7) is 5.02. The van der Waals surface area contributed by atoms with Crippen molar-refractivity contribution in [2.75, 3.05) is 61.5 Å². The second-order valence-corrected chi connectivity index (χ2v) is 9.15. The molecule has 3 aromatic rings. The lowest BCUT2D eigenvalue weighted by Gasteiger charge is -2.26. The molecular weight excluding hydrogens is 494 g/mol. The number of aromatic nitrogens is 2. The van der Waals surface area contributed by atoms with Crippen molar-refractivity contribution in [3.63, 3.8) is 0 Å². The molecule has 2 aromatic carbocycles. The lowest BCUT2D eigenvalue weighted by atomic mass is 10.2. The van der Waals surface area contributed by atoms with E-state index in [0.29, 0.717) is 53.2 Å². The number of nitrogens with zero attached hydrogens (tertiary/aromatic N) is 4. The Bertz CT molecular complexity index is 1270. The van der Waals surface area contributed by atoms with Crippen LogP contribution in [0.3, 0.4) is 0 Å². The van der Waals surface area contributed by atoms with Crippen molar-refractivity contribution < 1.29 is 14.3 Å². The number of hydrogen-bond acceptors (Lipinski definition) is 8. The maximum Gasteiger partial charge on any atom is 0.251 e. The average molecular weight is 522 g/mol. The van der Waals surface area contributed by atoms with Crippen LogP contribution >= 0.6 is 11.6 Å². The smallest absolute Gasteiger partial charge is 0.251 e. The Kier molecular flexibility index (Phi) is 7.79. The monoisotopic (exact) mass is 521 g/mol. The summed E-state index contributed by atoms with van der Waals surface area (Å²) in [5.74, 6) is 0.630. The van der Waals surface area contributed by atoms with Gasteiger partial charge in [0.15, 0.2) is 5.82 Å². The first kappa shape index (κ1) is 24.9. The van der Waals surface area contributed by atoms with Crippen LogP contribution in [0.25, 0.3) is 0 Å². The minimum Gasteiger partial charge on any atom is -0.379 e. The van der Waals surface area contributed by atoms with Crippen molar-refractivity contribution in [1.29, 1.82) is 0 Å². The molecule has 0 saturated carbocycles. The fraction of sp³-hybridized carbons (Fsp3) is 0.308. The molecule has 3 heterocycles.